The zero-order valence-corrected chi connectivity index (χ0v) is 18.4. The van der Waals surface area contributed by atoms with Gasteiger partial charge in [-0.05, 0) is 62.1 Å². The first-order valence-electron chi connectivity index (χ1n) is 11.2. The van der Waals surface area contributed by atoms with E-state index in [4.69, 9.17) is 0 Å². The average Bonchev–Trinajstić information content (AvgIpc) is 2.75. The van der Waals surface area contributed by atoms with Crippen molar-refractivity contribution in [1.29, 1.82) is 0 Å². The van der Waals surface area contributed by atoms with Gasteiger partial charge in [0.15, 0.2) is 0 Å². The van der Waals surface area contributed by atoms with Gasteiger partial charge in [-0.1, -0.05) is 24.6 Å². The molecule has 4 rings (SSSR count). The summed E-state index contributed by atoms with van der Waals surface area (Å²) in [4.78, 5) is 29.7. The molecule has 2 bridgehead atoms. The summed E-state index contributed by atoms with van der Waals surface area (Å²) in [6, 6.07) is 18.1. The lowest BCUT2D eigenvalue weighted by Gasteiger charge is -2.48. The van der Waals surface area contributed by atoms with Gasteiger partial charge in [-0.3, -0.25) is 14.5 Å². The molecule has 0 unspecified atom stereocenters. The van der Waals surface area contributed by atoms with E-state index in [9.17, 15) is 9.59 Å². The quantitative estimate of drug-likeness (QED) is 0.751. The summed E-state index contributed by atoms with van der Waals surface area (Å²) in [5.41, 5.74) is 2.63. The van der Waals surface area contributed by atoms with Gasteiger partial charge >= 0.3 is 0 Å². The van der Waals surface area contributed by atoms with Gasteiger partial charge in [0.05, 0.1) is 6.54 Å². The zero-order valence-electron chi connectivity index (χ0n) is 18.4. The van der Waals surface area contributed by atoms with Crippen LogP contribution < -0.4 is 15.5 Å². The number of benzene rings is 2. The first-order valence-corrected chi connectivity index (χ1v) is 11.2. The van der Waals surface area contributed by atoms with Gasteiger partial charge < -0.3 is 15.5 Å². The smallest absolute Gasteiger partial charge is 0.251 e. The second kappa shape index (κ2) is 9.52. The molecule has 2 saturated heterocycles. The summed E-state index contributed by atoms with van der Waals surface area (Å²) in [5, 5.41) is 6.26. The number of nitrogens with zero attached hydrogens (tertiary/aromatic N) is 2. The number of piperidine rings is 2. The minimum atomic E-state index is -0.00367. The van der Waals surface area contributed by atoms with Crippen LogP contribution in [0.15, 0.2) is 54.6 Å². The molecule has 2 aliphatic heterocycles. The maximum absolute atomic E-state index is 12.7. The molecule has 0 aromatic heterocycles. The summed E-state index contributed by atoms with van der Waals surface area (Å²) >= 11 is 0. The highest BCUT2D eigenvalue weighted by atomic mass is 16.2. The van der Waals surface area contributed by atoms with Crippen molar-refractivity contribution in [3.8, 4) is 0 Å². The minimum absolute atomic E-state index is 0.00367. The third-order valence-corrected chi connectivity index (χ3v) is 6.49. The number of nitrogens with one attached hydrogen (secondary N) is 2. The molecule has 2 atom stereocenters. The lowest BCUT2D eigenvalue weighted by atomic mass is 9.81. The van der Waals surface area contributed by atoms with Gasteiger partial charge in [-0.25, -0.2) is 0 Å². The predicted molar refractivity (Wildman–Crippen MR) is 124 cm³/mol. The molecule has 2 heterocycles. The van der Waals surface area contributed by atoms with Gasteiger partial charge in [0, 0.05) is 49.2 Å². The third kappa shape index (κ3) is 5.25. The number of hydrogen-bond acceptors (Lipinski definition) is 4. The van der Waals surface area contributed by atoms with Crippen molar-refractivity contribution in [2.24, 2.45) is 0 Å². The molecule has 2 N–H and O–H groups in total. The molecule has 0 aliphatic carbocycles. The van der Waals surface area contributed by atoms with E-state index in [-0.39, 0.29) is 17.9 Å². The number of anilines is 2. The van der Waals surface area contributed by atoms with Crippen LogP contribution in [-0.4, -0.2) is 55.5 Å². The van der Waals surface area contributed by atoms with Crippen LogP contribution in [0.1, 0.15) is 42.5 Å². The van der Waals surface area contributed by atoms with E-state index in [0.717, 1.165) is 37.1 Å². The van der Waals surface area contributed by atoms with Gasteiger partial charge in [0.25, 0.3) is 5.91 Å². The van der Waals surface area contributed by atoms with Crippen molar-refractivity contribution >= 4 is 23.2 Å². The zero-order chi connectivity index (χ0) is 21.8. The Bertz CT molecular complexity index is 883. The molecule has 164 valence electrons. The van der Waals surface area contributed by atoms with Crippen LogP contribution >= 0.6 is 0 Å². The van der Waals surface area contributed by atoms with E-state index in [2.05, 4.69) is 15.5 Å². The third-order valence-electron chi connectivity index (χ3n) is 6.49. The molecule has 2 aromatic rings. The predicted octanol–water partition coefficient (Wildman–Crippen LogP) is 3.51. The van der Waals surface area contributed by atoms with E-state index >= 15 is 0 Å². The van der Waals surface area contributed by atoms with Crippen LogP contribution in [0.3, 0.4) is 0 Å². The Balaban J connectivity index is 1.33. The molecule has 0 spiro atoms. The van der Waals surface area contributed by atoms with E-state index in [0.29, 0.717) is 24.2 Å². The second-order valence-electron chi connectivity index (χ2n) is 8.91. The van der Waals surface area contributed by atoms with Crippen molar-refractivity contribution < 1.29 is 9.59 Å². The first-order chi connectivity index (χ1) is 15.0. The summed E-state index contributed by atoms with van der Waals surface area (Å²) in [7, 11) is 4.00. The van der Waals surface area contributed by atoms with E-state index in [1.165, 1.54) is 6.42 Å². The highest BCUT2D eigenvalue weighted by molar-refractivity contribution is 5.94. The molecule has 2 aromatic carbocycles. The lowest BCUT2D eigenvalue weighted by molar-refractivity contribution is -0.120. The maximum Gasteiger partial charge on any atom is 0.251 e. The summed E-state index contributed by atoms with van der Waals surface area (Å²) in [6.07, 6.45) is 5.16. The number of carbonyl (C=O) groups is 2. The van der Waals surface area contributed by atoms with Crippen molar-refractivity contribution in [1.82, 2.24) is 10.2 Å². The van der Waals surface area contributed by atoms with E-state index in [1.807, 2.05) is 73.6 Å². The number of carbonyl (C=O) groups excluding carboxylic acids is 2. The largest absolute Gasteiger partial charge is 0.378 e. The minimum Gasteiger partial charge on any atom is -0.378 e. The number of hydrogen-bond donors (Lipinski definition) is 2. The Morgan fingerprint density at radius 1 is 0.968 bits per heavy atom. The molecule has 31 heavy (non-hydrogen) atoms. The standard InChI is InChI=1S/C25H32N4O2/c1-28(2)21-13-11-19(12-14-21)26-24(30)17-29-22-9-6-10-23(29)16-20(15-22)27-25(31)18-7-4-3-5-8-18/h3-5,7-8,11-14,20,22-23H,6,9-10,15-17H2,1-2H3,(H,26,30)(H,27,31)/t22-,23-/m0/s1. The summed E-state index contributed by atoms with van der Waals surface area (Å²) in [6.45, 7) is 0.407. The summed E-state index contributed by atoms with van der Waals surface area (Å²) in [5.74, 6) is 0.0253. The number of fused-ring (bicyclic) bond motifs is 2. The van der Waals surface area contributed by atoms with Crippen LogP contribution in [0, 0.1) is 0 Å². The molecule has 2 aliphatic rings. The van der Waals surface area contributed by atoms with Crippen LogP contribution in [0.4, 0.5) is 11.4 Å². The number of rotatable bonds is 6. The van der Waals surface area contributed by atoms with Crippen LogP contribution in [-0.2, 0) is 4.79 Å². The molecule has 6 heteroatoms. The normalized spacial score (nSPS) is 23.1. The van der Waals surface area contributed by atoms with Crippen LogP contribution in [0.25, 0.3) is 0 Å². The van der Waals surface area contributed by atoms with Gasteiger partial charge in [-0.15, -0.1) is 0 Å². The van der Waals surface area contributed by atoms with Crippen molar-refractivity contribution in [3.05, 3.63) is 60.2 Å². The van der Waals surface area contributed by atoms with Crippen molar-refractivity contribution in [2.75, 3.05) is 30.9 Å². The Morgan fingerprint density at radius 2 is 1.61 bits per heavy atom. The first kappa shape index (κ1) is 21.4. The van der Waals surface area contributed by atoms with Gasteiger partial charge in [-0.2, -0.15) is 0 Å². The fourth-order valence-electron chi connectivity index (χ4n) is 4.92. The monoisotopic (exact) mass is 420 g/mol. The Labute approximate surface area is 184 Å². The van der Waals surface area contributed by atoms with Crippen LogP contribution in [0.5, 0.6) is 0 Å². The lowest BCUT2D eigenvalue weighted by Crippen LogP contribution is -2.58. The number of amides is 2. The SMILES string of the molecule is CN(C)c1ccc(NC(=O)CN2[C@H]3CCC[C@H]2CC(NC(=O)c2ccccc2)C3)cc1. The van der Waals surface area contributed by atoms with Crippen LogP contribution in [0.2, 0.25) is 0 Å². The fourth-order valence-corrected chi connectivity index (χ4v) is 4.92. The average molecular weight is 421 g/mol. The van der Waals surface area contributed by atoms with E-state index in [1.54, 1.807) is 0 Å². The molecular weight excluding hydrogens is 388 g/mol. The topological polar surface area (TPSA) is 64.7 Å². The Hall–Kier alpha value is -2.86. The van der Waals surface area contributed by atoms with Crippen molar-refractivity contribution in [3.63, 3.8) is 0 Å². The highest BCUT2D eigenvalue weighted by Gasteiger charge is 2.39. The van der Waals surface area contributed by atoms with Gasteiger partial charge in [0.2, 0.25) is 5.91 Å². The molecule has 2 fully saturated rings. The fraction of sp³-hybridized carbons (Fsp3) is 0.440. The molecule has 0 radical (unpaired) electrons. The highest BCUT2D eigenvalue weighted by Crippen LogP contribution is 2.34. The van der Waals surface area contributed by atoms with E-state index < -0.39 is 0 Å². The molecule has 6 nitrogen and oxygen atoms in total. The Morgan fingerprint density at radius 3 is 2.23 bits per heavy atom. The molecule has 2 amide bonds. The van der Waals surface area contributed by atoms with Crippen molar-refractivity contribution in [2.45, 2.75) is 50.2 Å². The molecule has 0 saturated carbocycles. The molecular formula is C25H32N4O2. The van der Waals surface area contributed by atoms with Gasteiger partial charge in [0.1, 0.15) is 0 Å². The Kier molecular flexibility index (Phi) is 6.56. The second-order valence-corrected chi connectivity index (χ2v) is 8.91. The maximum atomic E-state index is 12.7. The summed E-state index contributed by atoms with van der Waals surface area (Å²) < 4.78 is 0.